The summed E-state index contributed by atoms with van der Waals surface area (Å²) in [6.45, 7) is 1.78. The Kier molecular flexibility index (Phi) is 4.38. The molecule has 0 radical (unpaired) electrons. The molecular weight excluding hydrogens is 340 g/mol. The molecule has 0 saturated heterocycles. The minimum atomic E-state index is -0.597. The van der Waals surface area contributed by atoms with Crippen LogP contribution < -0.4 is 15.1 Å². The average molecular weight is 358 g/mol. The van der Waals surface area contributed by atoms with Gasteiger partial charge in [0.05, 0.1) is 14.2 Å². The Bertz CT molecular complexity index is 1040. The Morgan fingerprint density at radius 2 is 1.73 bits per heavy atom. The molecule has 1 heterocycles. The Hall–Kier alpha value is -3.35. The van der Waals surface area contributed by atoms with Crippen LogP contribution in [0, 0.1) is 0 Å². The summed E-state index contributed by atoms with van der Waals surface area (Å²) in [6.07, 6.45) is 0. The van der Waals surface area contributed by atoms with E-state index in [9.17, 15) is 20.1 Å². The van der Waals surface area contributed by atoms with Crippen LogP contribution in [0.3, 0.4) is 0 Å². The van der Waals surface area contributed by atoms with Crippen LogP contribution in [-0.2, 0) is 0 Å². The quantitative estimate of drug-likeness (QED) is 0.486. The molecule has 0 bridgehead atoms. The zero-order valence-electron chi connectivity index (χ0n) is 14.4. The van der Waals surface area contributed by atoms with Crippen molar-refractivity contribution in [2.45, 2.75) is 12.8 Å². The molecule has 3 rings (SSSR count). The predicted molar refractivity (Wildman–Crippen MR) is 94.5 cm³/mol. The lowest BCUT2D eigenvalue weighted by atomic mass is 9.93. The molecule has 0 fully saturated rings. The molecule has 3 aromatic rings. The van der Waals surface area contributed by atoms with Gasteiger partial charge in [-0.3, -0.25) is 0 Å². The van der Waals surface area contributed by atoms with Crippen LogP contribution in [0.25, 0.3) is 11.0 Å². The van der Waals surface area contributed by atoms with Gasteiger partial charge in [-0.2, -0.15) is 0 Å². The second kappa shape index (κ2) is 6.51. The standard InChI is InChI=1S/C19H18O7/c1-9(10-4-5-13(20)14(21)7-10)12-6-11-8-15(24-2)16(22)18(25-3)17(11)26-19(12)23/h4-9,20-22H,1-3H3/t9-/m1/s1. The first kappa shape index (κ1) is 17.5. The van der Waals surface area contributed by atoms with Crippen LogP contribution in [0.15, 0.2) is 39.5 Å². The van der Waals surface area contributed by atoms with E-state index in [1.54, 1.807) is 25.1 Å². The summed E-state index contributed by atoms with van der Waals surface area (Å²) in [4.78, 5) is 12.5. The van der Waals surface area contributed by atoms with Crippen LogP contribution in [0.1, 0.15) is 24.0 Å². The maximum absolute atomic E-state index is 12.5. The molecule has 7 nitrogen and oxygen atoms in total. The van der Waals surface area contributed by atoms with Gasteiger partial charge in [0.15, 0.2) is 22.8 Å². The molecule has 0 saturated carbocycles. The van der Waals surface area contributed by atoms with Crippen LogP contribution >= 0.6 is 0 Å². The summed E-state index contributed by atoms with van der Waals surface area (Å²) in [6, 6.07) is 7.53. The van der Waals surface area contributed by atoms with Crippen molar-refractivity contribution in [3.05, 3.63) is 51.9 Å². The van der Waals surface area contributed by atoms with Gasteiger partial charge in [-0.05, 0) is 29.8 Å². The molecule has 0 spiro atoms. The Morgan fingerprint density at radius 1 is 1.00 bits per heavy atom. The van der Waals surface area contributed by atoms with Gasteiger partial charge in [0.25, 0.3) is 0 Å². The number of benzene rings is 2. The van der Waals surface area contributed by atoms with Crippen LogP contribution in [-0.4, -0.2) is 29.5 Å². The molecule has 26 heavy (non-hydrogen) atoms. The first-order valence-corrected chi connectivity index (χ1v) is 7.81. The van der Waals surface area contributed by atoms with Crippen molar-refractivity contribution in [1.82, 2.24) is 0 Å². The minimum absolute atomic E-state index is 0.0120. The van der Waals surface area contributed by atoms with E-state index in [1.807, 2.05) is 0 Å². The maximum Gasteiger partial charge on any atom is 0.340 e. The lowest BCUT2D eigenvalue weighted by Gasteiger charge is -2.14. The van der Waals surface area contributed by atoms with E-state index in [0.717, 1.165) is 0 Å². The van der Waals surface area contributed by atoms with Crippen molar-refractivity contribution in [3.8, 4) is 28.7 Å². The van der Waals surface area contributed by atoms with Crippen LogP contribution in [0.2, 0.25) is 0 Å². The molecule has 0 amide bonds. The third kappa shape index (κ3) is 2.77. The van der Waals surface area contributed by atoms with Gasteiger partial charge in [-0.25, -0.2) is 4.79 Å². The molecule has 136 valence electrons. The fourth-order valence-electron chi connectivity index (χ4n) is 2.85. The Morgan fingerprint density at radius 3 is 2.35 bits per heavy atom. The fraction of sp³-hybridized carbons (Fsp3) is 0.211. The fourth-order valence-corrected chi connectivity index (χ4v) is 2.85. The molecule has 0 aliphatic carbocycles. The second-order valence-electron chi connectivity index (χ2n) is 5.84. The van der Waals surface area contributed by atoms with Crippen molar-refractivity contribution in [1.29, 1.82) is 0 Å². The molecule has 0 aliphatic rings. The van der Waals surface area contributed by atoms with Crippen molar-refractivity contribution >= 4 is 11.0 Å². The number of hydrogen-bond acceptors (Lipinski definition) is 7. The zero-order valence-corrected chi connectivity index (χ0v) is 14.4. The minimum Gasteiger partial charge on any atom is -0.504 e. The summed E-state index contributed by atoms with van der Waals surface area (Å²) in [5.41, 5.74) is 0.489. The van der Waals surface area contributed by atoms with Crippen molar-refractivity contribution in [3.63, 3.8) is 0 Å². The lowest BCUT2D eigenvalue weighted by Crippen LogP contribution is -2.11. The molecular formula is C19H18O7. The van der Waals surface area contributed by atoms with E-state index in [1.165, 1.54) is 26.4 Å². The van der Waals surface area contributed by atoms with Gasteiger partial charge < -0.3 is 29.2 Å². The van der Waals surface area contributed by atoms with E-state index >= 15 is 0 Å². The largest absolute Gasteiger partial charge is 0.504 e. The van der Waals surface area contributed by atoms with Gasteiger partial charge in [0.1, 0.15) is 0 Å². The number of phenols is 3. The number of fused-ring (bicyclic) bond motifs is 1. The van der Waals surface area contributed by atoms with Crippen molar-refractivity contribution in [2.75, 3.05) is 14.2 Å². The smallest absolute Gasteiger partial charge is 0.340 e. The highest BCUT2D eigenvalue weighted by Gasteiger charge is 2.21. The number of methoxy groups -OCH3 is 2. The highest BCUT2D eigenvalue weighted by atomic mass is 16.5. The number of ether oxygens (including phenoxy) is 2. The highest BCUT2D eigenvalue weighted by molar-refractivity contribution is 5.88. The van der Waals surface area contributed by atoms with Gasteiger partial charge in [-0.1, -0.05) is 13.0 Å². The van der Waals surface area contributed by atoms with Gasteiger partial charge in [-0.15, -0.1) is 0 Å². The molecule has 0 unspecified atom stereocenters. The van der Waals surface area contributed by atoms with E-state index in [4.69, 9.17) is 13.9 Å². The van der Waals surface area contributed by atoms with E-state index in [0.29, 0.717) is 16.5 Å². The molecule has 7 heteroatoms. The summed E-state index contributed by atoms with van der Waals surface area (Å²) >= 11 is 0. The monoisotopic (exact) mass is 358 g/mol. The summed E-state index contributed by atoms with van der Waals surface area (Å²) in [7, 11) is 2.76. The average Bonchev–Trinajstić information content (AvgIpc) is 2.62. The summed E-state index contributed by atoms with van der Waals surface area (Å²) < 4.78 is 15.7. The van der Waals surface area contributed by atoms with Gasteiger partial charge >= 0.3 is 5.63 Å². The second-order valence-corrected chi connectivity index (χ2v) is 5.84. The Labute approximate surface area is 148 Å². The molecule has 1 aromatic heterocycles. The van der Waals surface area contributed by atoms with Crippen LogP contribution in [0.4, 0.5) is 0 Å². The normalized spacial score (nSPS) is 12.1. The van der Waals surface area contributed by atoms with E-state index < -0.39 is 11.5 Å². The third-order valence-corrected chi connectivity index (χ3v) is 4.33. The van der Waals surface area contributed by atoms with Crippen LogP contribution in [0.5, 0.6) is 28.7 Å². The zero-order chi connectivity index (χ0) is 19.0. The highest BCUT2D eigenvalue weighted by Crippen LogP contribution is 2.42. The number of aromatic hydroxyl groups is 3. The number of phenolic OH excluding ortho intramolecular Hbond substituents is 3. The molecule has 0 aliphatic heterocycles. The van der Waals surface area contributed by atoms with E-state index in [2.05, 4.69) is 0 Å². The maximum atomic E-state index is 12.5. The Balaban J connectivity index is 2.21. The number of rotatable bonds is 4. The van der Waals surface area contributed by atoms with E-state index in [-0.39, 0.29) is 34.3 Å². The lowest BCUT2D eigenvalue weighted by molar-refractivity contribution is 0.338. The number of hydrogen-bond donors (Lipinski definition) is 3. The molecule has 2 aromatic carbocycles. The first-order valence-electron chi connectivity index (χ1n) is 7.81. The SMILES string of the molecule is COc1cc2cc([C@H](C)c3ccc(O)c(O)c3)c(=O)oc2c(OC)c1O. The predicted octanol–water partition coefficient (Wildman–Crippen LogP) is 3.08. The first-order chi connectivity index (χ1) is 12.4. The summed E-state index contributed by atoms with van der Waals surface area (Å²) in [5.74, 6) is -0.978. The van der Waals surface area contributed by atoms with Crippen molar-refractivity contribution < 1.29 is 29.2 Å². The third-order valence-electron chi connectivity index (χ3n) is 4.33. The van der Waals surface area contributed by atoms with Crippen molar-refractivity contribution in [2.24, 2.45) is 0 Å². The summed E-state index contributed by atoms with van der Waals surface area (Å²) in [5, 5.41) is 29.8. The van der Waals surface area contributed by atoms with Gasteiger partial charge in [0.2, 0.25) is 11.5 Å². The molecule has 3 N–H and O–H groups in total. The molecule has 1 atom stereocenters. The topological polar surface area (TPSA) is 109 Å². The van der Waals surface area contributed by atoms with Gasteiger partial charge in [0, 0.05) is 16.9 Å².